The highest BCUT2D eigenvalue weighted by molar-refractivity contribution is 6.23. The zero-order valence-electron chi connectivity index (χ0n) is 82.8. The van der Waals surface area contributed by atoms with Gasteiger partial charge in [0, 0.05) is 0 Å². The Kier molecular flexibility index (Phi) is 5.62. The van der Waals surface area contributed by atoms with Crippen molar-refractivity contribution in [2.24, 2.45) is 0 Å². The molecule has 0 spiro atoms. The highest BCUT2D eigenvalue weighted by Gasteiger charge is 2.21. The molecule has 0 saturated heterocycles. The molecule has 0 saturated carbocycles. The van der Waals surface area contributed by atoms with Gasteiger partial charge >= 0.3 is 0 Å². The number of hydrogen-bond donors (Lipinski definition) is 0. The molecule has 16 aromatic rings. The van der Waals surface area contributed by atoms with Gasteiger partial charge in [-0.3, -0.25) is 0 Å². The number of aryl methyl sites for hydroxylation is 2. The fraction of sp³-hybridized carbons (Fsp3) is 0.0244. The summed E-state index contributed by atoms with van der Waals surface area (Å²) in [6, 6.07) is -10.4. The zero-order chi connectivity index (χ0) is 89.5. The van der Waals surface area contributed by atoms with Crippen molar-refractivity contribution in [2.75, 3.05) is 0 Å². The molecule has 0 heterocycles. The van der Waals surface area contributed by atoms with Crippen LogP contribution in [0.5, 0.6) is 0 Å². The van der Waals surface area contributed by atoms with Crippen LogP contribution in [0, 0.1) is 13.8 Å². The predicted octanol–water partition coefficient (Wildman–Crippen LogP) is 23.2. The second-order valence-corrected chi connectivity index (χ2v) is 18.8. The summed E-state index contributed by atoms with van der Waals surface area (Å²) in [7, 11) is 0. The van der Waals surface area contributed by atoms with Gasteiger partial charge in [-0.25, -0.2) is 0 Å². The topological polar surface area (TPSA) is 0 Å². The fourth-order valence-electron chi connectivity index (χ4n) is 10.7. The van der Waals surface area contributed by atoms with Crippen LogP contribution in [0.15, 0.2) is 302 Å². The SMILES string of the molecule is [2H]c1c([2H])c(-c2c([2H])c([2H])c([2H])c3c([2H])c([2H])c([2H])c([2H])c23)c([2H])c([2H])c1-c1c2ccccc2c(-c2c([2H])c([2H])c3c([2H])c([2H])c([2H])c([2H])c3c2[2H])c2ccccc12.[2H]c1c([2H])c([2H])c2c([2H])c(-c3c4c([2H])c([2H])c([2H])c([2H])c4c(-c4cc(C)c(-c5c([2H])c([2H])c([2H])c6c([2H])c([2H])c([2H])c([2H])c56)c(C)c4)c4c([2H])c([2H])c([2H])c([2H])c34)c([2H])c([2H])c2c1[2H]. The maximum atomic E-state index is 9.42. The average Bonchev–Trinajstić information content (AvgIpc) is 0.675. The van der Waals surface area contributed by atoms with Crippen molar-refractivity contribution < 1.29 is 54.8 Å². The Morgan fingerprint density at radius 2 is 0.537 bits per heavy atom. The van der Waals surface area contributed by atoms with E-state index in [1.54, 1.807) is 62.4 Å². The molecule has 0 unspecified atom stereocenters. The predicted molar refractivity (Wildman–Crippen MR) is 355 cm³/mol. The van der Waals surface area contributed by atoms with Crippen LogP contribution in [0.3, 0.4) is 0 Å². The minimum absolute atomic E-state index is 0.0927. The van der Waals surface area contributed by atoms with E-state index >= 15 is 0 Å². The van der Waals surface area contributed by atoms with Gasteiger partial charge in [-0.15, -0.1) is 0 Å². The van der Waals surface area contributed by atoms with Crippen LogP contribution in [0.4, 0.5) is 0 Å². The molecular weight excluding hydrogens is 985 g/mol. The van der Waals surface area contributed by atoms with E-state index in [4.69, 9.17) is 39.8 Å². The number of hydrogen-bond acceptors (Lipinski definition) is 0. The first-order valence-corrected chi connectivity index (χ1v) is 25.3. The van der Waals surface area contributed by atoms with Crippen LogP contribution >= 0.6 is 0 Å². The van der Waals surface area contributed by atoms with Gasteiger partial charge in [0.05, 0.1) is 54.8 Å². The van der Waals surface area contributed by atoms with Crippen LogP contribution in [0.1, 0.15) is 66.0 Å². The first-order valence-electron chi connectivity index (χ1n) is 45.3. The standard InChI is InChI=1S/C42H30.C40H26/c1-27-24-33(25-28(2)40(27)35-21-11-15-30-13-5-6-16-34(30)35)42-38-19-9-7-17-36(38)41(37-18-8-10-20-39(37)42)32-23-22-29-12-3-4-14-31(29)26-32;1-2-12-31-26-32(25-20-27(31)10-1)40-37-17-7-5-15-35(37)39(36-16-6-8-18-38(36)40)30-23-21-29(22-24-30)34-19-9-13-28-11-3-4-14-33(28)34/h3-26H,1-2H3;1-26H/i3D,4D,5D,6D,7D,8D,9D,10D,11D,12D,13D,14D,15D,16D,17D,18D,19D,20D,21D,22D,23D,26D;1D,2D,3D,4D,9D,10D,11D,12D,13D,14D,19D,20D,21D,22D,23D,24D,25D,26D. The van der Waals surface area contributed by atoms with Gasteiger partial charge in [0.15, 0.2) is 0 Å². The van der Waals surface area contributed by atoms with Gasteiger partial charge in [-0.2, -0.15) is 0 Å². The molecule has 0 heteroatoms. The Balaban J connectivity index is 0.000000190. The lowest BCUT2D eigenvalue weighted by atomic mass is 9.83. The van der Waals surface area contributed by atoms with Gasteiger partial charge in [0.2, 0.25) is 0 Å². The summed E-state index contributed by atoms with van der Waals surface area (Å²) in [5.41, 5.74) is -1.21. The van der Waals surface area contributed by atoms with Crippen LogP contribution in [0.2, 0.25) is 0 Å². The molecular formula is C82H56. The first-order chi connectivity index (χ1) is 57.2. The molecule has 0 amide bonds. The Bertz CT molecular complexity index is 7430. The molecule has 384 valence electrons. The van der Waals surface area contributed by atoms with Gasteiger partial charge < -0.3 is 0 Å². The minimum atomic E-state index is -0.822. The van der Waals surface area contributed by atoms with Crippen molar-refractivity contribution in [2.45, 2.75) is 13.8 Å². The van der Waals surface area contributed by atoms with Crippen LogP contribution in [-0.2, 0) is 0 Å². The molecule has 0 nitrogen and oxygen atoms in total. The van der Waals surface area contributed by atoms with Gasteiger partial charge in [0.1, 0.15) is 0 Å². The smallest absolute Gasteiger partial charge is 0.0616 e. The van der Waals surface area contributed by atoms with Crippen molar-refractivity contribution in [3.05, 3.63) is 313 Å². The average molecular weight is 1080 g/mol. The van der Waals surface area contributed by atoms with E-state index in [0.29, 0.717) is 21.5 Å². The second kappa shape index (κ2) is 20.4. The molecule has 82 heavy (non-hydrogen) atoms. The van der Waals surface area contributed by atoms with Crippen LogP contribution in [-0.4, -0.2) is 0 Å². The van der Waals surface area contributed by atoms with Crippen molar-refractivity contribution in [1.82, 2.24) is 0 Å². The van der Waals surface area contributed by atoms with Crippen molar-refractivity contribution >= 4 is 86.2 Å². The fourth-order valence-corrected chi connectivity index (χ4v) is 10.7. The molecule has 0 radical (unpaired) electrons. The summed E-state index contributed by atoms with van der Waals surface area (Å²) in [5, 5.41) is -2.88. The summed E-state index contributed by atoms with van der Waals surface area (Å²) in [4.78, 5) is 0. The monoisotopic (exact) mass is 1080 g/mol. The normalized spacial score (nSPS) is 18.4. The van der Waals surface area contributed by atoms with E-state index in [1.807, 2.05) is 0 Å². The maximum Gasteiger partial charge on any atom is 0.0636 e. The number of fused-ring (bicyclic) bond motifs is 8. The lowest BCUT2D eigenvalue weighted by Crippen LogP contribution is -1.94. The molecule has 0 N–H and O–H groups in total. The van der Waals surface area contributed by atoms with E-state index in [2.05, 4.69) is 0 Å². The van der Waals surface area contributed by atoms with Gasteiger partial charge in [0.25, 0.3) is 0 Å². The van der Waals surface area contributed by atoms with Crippen molar-refractivity contribution in [3.8, 4) is 66.8 Å². The Morgan fingerprint density at radius 3 is 1.00 bits per heavy atom. The molecule has 0 aliphatic heterocycles. The molecule has 0 fully saturated rings. The highest BCUT2D eigenvalue weighted by Crippen LogP contribution is 2.47. The Labute approximate surface area is 534 Å². The van der Waals surface area contributed by atoms with Crippen molar-refractivity contribution in [3.63, 3.8) is 0 Å². The molecule has 0 aromatic heterocycles. The molecule has 0 atom stereocenters. The molecule has 0 bridgehead atoms. The van der Waals surface area contributed by atoms with Gasteiger partial charge in [-0.05, 0) is 190 Å². The first kappa shape index (κ1) is 22.6. The minimum Gasteiger partial charge on any atom is -0.0616 e. The third-order valence-electron chi connectivity index (χ3n) is 14.1. The van der Waals surface area contributed by atoms with Crippen molar-refractivity contribution in [1.29, 1.82) is 0 Å². The maximum absolute atomic E-state index is 9.42. The van der Waals surface area contributed by atoms with Crippen LogP contribution in [0.25, 0.3) is 153 Å². The Morgan fingerprint density at radius 1 is 0.220 bits per heavy atom. The van der Waals surface area contributed by atoms with E-state index < -0.39 is 296 Å². The number of benzene rings is 16. The molecule has 0 aliphatic carbocycles. The van der Waals surface area contributed by atoms with E-state index in [0.717, 1.165) is 0 Å². The molecule has 16 rings (SSSR count). The quantitative estimate of drug-likeness (QED) is 0.146. The highest BCUT2D eigenvalue weighted by atomic mass is 14.2. The summed E-state index contributed by atoms with van der Waals surface area (Å²) in [5.74, 6) is 0. The second-order valence-electron chi connectivity index (χ2n) is 18.8. The lowest BCUT2D eigenvalue weighted by Gasteiger charge is -2.20. The third kappa shape index (κ3) is 8.39. The molecule has 16 aromatic carbocycles. The number of rotatable bonds is 6. The zero-order valence-corrected chi connectivity index (χ0v) is 42.8. The summed E-state index contributed by atoms with van der Waals surface area (Å²) in [6.45, 7) is 3.13. The summed E-state index contributed by atoms with van der Waals surface area (Å²) in [6.07, 6.45) is 0. The van der Waals surface area contributed by atoms with Gasteiger partial charge in [-0.1, -0.05) is 290 Å². The van der Waals surface area contributed by atoms with Crippen LogP contribution < -0.4 is 0 Å². The lowest BCUT2D eigenvalue weighted by molar-refractivity contribution is 1.39. The van der Waals surface area contributed by atoms with E-state index in [1.165, 1.54) is 12.1 Å². The third-order valence-corrected chi connectivity index (χ3v) is 14.1. The van der Waals surface area contributed by atoms with E-state index in [9.17, 15) is 15.1 Å². The largest absolute Gasteiger partial charge is 0.0636 e. The molecule has 0 aliphatic rings. The Hall–Kier alpha value is -10.4. The summed E-state index contributed by atoms with van der Waals surface area (Å²) < 4.78 is 352. The summed E-state index contributed by atoms with van der Waals surface area (Å²) >= 11 is 0. The van der Waals surface area contributed by atoms with E-state index in [-0.39, 0.29) is 88.0 Å².